The van der Waals surface area contributed by atoms with Gasteiger partial charge in [0.05, 0.1) is 0 Å². The molecule has 0 saturated carbocycles. The molecule has 1 aliphatic rings. The summed E-state index contributed by atoms with van der Waals surface area (Å²) in [6, 6.07) is 13.6. The molecule has 0 radical (unpaired) electrons. The van der Waals surface area contributed by atoms with Crippen molar-refractivity contribution in [3.05, 3.63) is 54.1 Å². The van der Waals surface area contributed by atoms with Crippen LogP contribution in [0.25, 0.3) is 0 Å². The van der Waals surface area contributed by atoms with Gasteiger partial charge >= 0.3 is 6.03 Å². The number of benzene rings is 2. The first kappa shape index (κ1) is 19.0. The molecule has 1 N–H and O–H groups in total. The van der Waals surface area contributed by atoms with Crippen molar-refractivity contribution in [2.75, 3.05) is 23.0 Å². The summed E-state index contributed by atoms with van der Waals surface area (Å²) >= 11 is 1.57. The molecule has 140 valence electrons. The molecule has 0 aromatic heterocycles. The van der Waals surface area contributed by atoms with Gasteiger partial charge in [-0.05, 0) is 50.4 Å². The lowest BCUT2D eigenvalue weighted by atomic mass is 10.2. The van der Waals surface area contributed by atoms with Crippen LogP contribution >= 0.6 is 11.8 Å². The Hall–Kier alpha value is -2.80. The number of anilines is 2. The van der Waals surface area contributed by atoms with Gasteiger partial charge in [0.15, 0.2) is 0 Å². The maximum absolute atomic E-state index is 12.7. The average molecular weight is 383 g/mol. The van der Waals surface area contributed by atoms with E-state index >= 15 is 0 Å². The van der Waals surface area contributed by atoms with E-state index in [1.165, 1.54) is 4.90 Å². The molecule has 1 aliphatic heterocycles. The molecule has 6 nitrogen and oxygen atoms in total. The monoisotopic (exact) mass is 383 g/mol. The van der Waals surface area contributed by atoms with Crippen LogP contribution in [0.4, 0.5) is 16.2 Å². The molecule has 1 saturated heterocycles. The van der Waals surface area contributed by atoms with Crippen LogP contribution in [-0.4, -0.2) is 41.6 Å². The minimum absolute atomic E-state index is 0.312. The van der Waals surface area contributed by atoms with Gasteiger partial charge in [0, 0.05) is 16.3 Å². The molecule has 7 heteroatoms. The predicted octanol–water partition coefficient (Wildman–Crippen LogP) is 3.51. The highest BCUT2D eigenvalue weighted by atomic mass is 32.2. The quantitative estimate of drug-likeness (QED) is 0.634. The van der Waals surface area contributed by atoms with E-state index in [4.69, 9.17) is 0 Å². The van der Waals surface area contributed by atoms with E-state index in [1.54, 1.807) is 36.9 Å². The van der Waals surface area contributed by atoms with Gasteiger partial charge in [-0.25, -0.2) is 4.79 Å². The van der Waals surface area contributed by atoms with Gasteiger partial charge < -0.3 is 5.32 Å². The van der Waals surface area contributed by atoms with Crippen molar-refractivity contribution < 1.29 is 14.4 Å². The van der Waals surface area contributed by atoms with Crippen LogP contribution in [0.1, 0.15) is 12.5 Å². The molecule has 27 heavy (non-hydrogen) atoms. The van der Waals surface area contributed by atoms with Gasteiger partial charge in [0.1, 0.15) is 12.6 Å². The summed E-state index contributed by atoms with van der Waals surface area (Å²) in [5.41, 5.74) is 2.34. The van der Waals surface area contributed by atoms with E-state index in [0.29, 0.717) is 11.4 Å². The van der Waals surface area contributed by atoms with Crippen LogP contribution in [0.3, 0.4) is 0 Å². The molecule has 4 amide bonds. The van der Waals surface area contributed by atoms with E-state index in [2.05, 4.69) is 5.32 Å². The number of nitrogens with zero attached hydrogens (tertiary/aromatic N) is 2. The summed E-state index contributed by atoms with van der Waals surface area (Å²) in [6.07, 6.45) is 1.95. The number of aryl methyl sites for hydroxylation is 1. The molecule has 3 rings (SSSR count). The van der Waals surface area contributed by atoms with Crippen molar-refractivity contribution in [2.45, 2.75) is 24.8 Å². The lowest BCUT2D eigenvalue weighted by Crippen LogP contribution is -2.39. The lowest BCUT2D eigenvalue weighted by Gasteiger charge is -2.19. The molecule has 1 unspecified atom stereocenters. The highest BCUT2D eigenvalue weighted by Crippen LogP contribution is 2.26. The fraction of sp³-hybridized carbons (Fsp3) is 0.250. The first-order valence-corrected chi connectivity index (χ1v) is 9.78. The van der Waals surface area contributed by atoms with Crippen LogP contribution in [0, 0.1) is 6.92 Å². The summed E-state index contributed by atoms with van der Waals surface area (Å²) in [5.74, 6) is -0.790. The molecule has 1 fully saturated rings. The number of urea groups is 1. The fourth-order valence-corrected chi connectivity index (χ4v) is 3.42. The first-order chi connectivity index (χ1) is 12.9. The number of hydrogen-bond acceptors (Lipinski definition) is 4. The normalized spacial score (nSPS) is 16.8. The first-order valence-electron chi connectivity index (χ1n) is 8.56. The van der Waals surface area contributed by atoms with Gasteiger partial charge in [0.2, 0.25) is 5.91 Å². The van der Waals surface area contributed by atoms with E-state index < -0.39 is 18.0 Å². The molecule has 0 aliphatic carbocycles. The maximum Gasteiger partial charge on any atom is 0.332 e. The molecule has 1 heterocycles. The second kappa shape index (κ2) is 7.84. The zero-order valence-electron chi connectivity index (χ0n) is 15.4. The van der Waals surface area contributed by atoms with Gasteiger partial charge in [-0.3, -0.25) is 19.4 Å². The Morgan fingerprint density at radius 1 is 1.15 bits per heavy atom. The van der Waals surface area contributed by atoms with E-state index in [1.807, 2.05) is 43.5 Å². The largest absolute Gasteiger partial charge is 0.332 e. The molecule has 2 aromatic rings. The van der Waals surface area contributed by atoms with Crippen molar-refractivity contribution >= 4 is 41.0 Å². The summed E-state index contributed by atoms with van der Waals surface area (Å²) in [4.78, 5) is 41.1. The van der Waals surface area contributed by atoms with E-state index in [-0.39, 0.29) is 12.5 Å². The second-order valence-corrected chi connectivity index (χ2v) is 7.25. The minimum Gasteiger partial charge on any atom is -0.324 e. The third-order valence-electron chi connectivity index (χ3n) is 4.42. The van der Waals surface area contributed by atoms with Crippen LogP contribution in [-0.2, 0) is 9.59 Å². The van der Waals surface area contributed by atoms with Gasteiger partial charge in [0.25, 0.3) is 5.91 Å². The fourth-order valence-electron chi connectivity index (χ4n) is 2.96. The van der Waals surface area contributed by atoms with Gasteiger partial charge in [-0.1, -0.05) is 23.8 Å². The van der Waals surface area contributed by atoms with Crippen molar-refractivity contribution in [3.63, 3.8) is 0 Å². The van der Waals surface area contributed by atoms with Crippen molar-refractivity contribution in [1.82, 2.24) is 4.90 Å². The van der Waals surface area contributed by atoms with Crippen LogP contribution < -0.4 is 10.2 Å². The third-order valence-corrected chi connectivity index (χ3v) is 5.14. The van der Waals surface area contributed by atoms with Gasteiger partial charge in [-0.15, -0.1) is 11.8 Å². The minimum atomic E-state index is -0.646. The Bertz CT molecular complexity index is 882. The van der Waals surface area contributed by atoms with Crippen molar-refractivity contribution in [2.24, 2.45) is 0 Å². The number of amides is 4. The van der Waals surface area contributed by atoms with E-state index in [9.17, 15) is 14.4 Å². The molecule has 0 bridgehead atoms. The number of hydrogen-bond donors (Lipinski definition) is 1. The standard InChI is InChI=1S/C20H21N3O3S/c1-13-7-9-16(10-8-13)23-14(2)19(25)22(20(23)26)12-18(24)21-15-5-4-6-17(11-15)27-3/h4-11,14H,12H2,1-3H3,(H,21,24). The molecular weight excluding hydrogens is 362 g/mol. The zero-order valence-corrected chi connectivity index (χ0v) is 16.2. The second-order valence-electron chi connectivity index (χ2n) is 6.37. The summed E-state index contributed by atoms with van der Waals surface area (Å²) in [7, 11) is 0. The number of nitrogens with one attached hydrogen (secondary N) is 1. The molecular formula is C20H21N3O3S. The summed E-state index contributed by atoms with van der Waals surface area (Å²) in [5, 5.41) is 2.74. The Morgan fingerprint density at radius 2 is 1.85 bits per heavy atom. The molecule has 0 spiro atoms. The highest BCUT2D eigenvalue weighted by molar-refractivity contribution is 7.98. The number of rotatable bonds is 5. The summed E-state index contributed by atoms with van der Waals surface area (Å²) < 4.78 is 0. The Labute approximate surface area is 162 Å². The van der Waals surface area contributed by atoms with Crippen molar-refractivity contribution in [3.8, 4) is 0 Å². The lowest BCUT2D eigenvalue weighted by molar-refractivity contribution is -0.130. The predicted molar refractivity (Wildman–Crippen MR) is 107 cm³/mol. The summed E-state index contributed by atoms with van der Waals surface area (Å²) in [6.45, 7) is 3.31. The smallest absolute Gasteiger partial charge is 0.324 e. The van der Waals surface area contributed by atoms with Crippen LogP contribution in [0.5, 0.6) is 0 Å². The SMILES string of the molecule is CSc1cccc(NC(=O)CN2C(=O)C(C)N(c3ccc(C)cc3)C2=O)c1. The van der Waals surface area contributed by atoms with Crippen LogP contribution in [0.15, 0.2) is 53.4 Å². The highest BCUT2D eigenvalue weighted by Gasteiger charge is 2.44. The Kier molecular flexibility index (Phi) is 5.51. The molecule has 1 atom stereocenters. The average Bonchev–Trinajstić information content (AvgIpc) is 2.86. The number of carbonyl (C=O) groups is 3. The zero-order chi connectivity index (χ0) is 19.6. The Balaban J connectivity index is 1.72. The van der Waals surface area contributed by atoms with Gasteiger partial charge in [-0.2, -0.15) is 0 Å². The van der Waals surface area contributed by atoms with E-state index in [0.717, 1.165) is 15.4 Å². The Morgan fingerprint density at radius 3 is 2.52 bits per heavy atom. The maximum atomic E-state index is 12.7. The number of carbonyl (C=O) groups excluding carboxylic acids is 3. The number of thioether (sulfide) groups is 1. The topological polar surface area (TPSA) is 69.7 Å². The third kappa shape index (κ3) is 3.98. The molecule has 2 aromatic carbocycles. The van der Waals surface area contributed by atoms with Crippen LogP contribution in [0.2, 0.25) is 0 Å². The number of imide groups is 1. The van der Waals surface area contributed by atoms with Crippen molar-refractivity contribution in [1.29, 1.82) is 0 Å².